The van der Waals surface area contributed by atoms with E-state index >= 15 is 0 Å². The van der Waals surface area contributed by atoms with Crippen LogP contribution in [0.15, 0.2) is 58.3 Å². The first kappa shape index (κ1) is 21.3. The van der Waals surface area contributed by atoms with Crippen LogP contribution in [0.1, 0.15) is 11.4 Å². The molecule has 0 saturated heterocycles. The van der Waals surface area contributed by atoms with Gasteiger partial charge in [-0.2, -0.15) is 0 Å². The first-order chi connectivity index (χ1) is 12.6. The molecule has 2 aromatic heterocycles. The molecule has 0 saturated carbocycles. The van der Waals surface area contributed by atoms with Crippen molar-refractivity contribution in [1.29, 1.82) is 0 Å². The topological polar surface area (TPSA) is 58.6 Å². The second-order valence-corrected chi connectivity index (χ2v) is 6.46. The van der Waals surface area contributed by atoms with E-state index in [1.54, 1.807) is 13.3 Å². The molecule has 0 amide bonds. The second-order valence-electron chi connectivity index (χ2n) is 6.03. The number of hydrogen-bond donors (Lipinski definition) is 1. The van der Waals surface area contributed by atoms with Crippen LogP contribution >= 0.6 is 35.6 Å². The van der Waals surface area contributed by atoms with E-state index < -0.39 is 0 Å². The number of guanidine groups is 1. The summed E-state index contributed by atoms with van der Waals surface area (Å²) in [6.07, 6.45) is 3.56. The fourth-order valence-electron chi connectivity index (χ4n) is 2.70. The molecule has 0 fully saturated rings. The third kappa shape index (κ3) is 5.49. The Kier molecular flexibility index (Phi) is 7.73. The highest BCUT2D eigenvalue weighted by Crippen LogP contribution is 2.18. The summed E-state index contributed by atoms with van der Waals surface area (Å²) < 4.78 is 7.58. The van der Waals surface area contributed by atoms with Crippen LogP contribution in [0.2, 0.25) is 5.02 Å². The molecule has 8 heteroatoms. The van der Waals surface area contributed by atoms with E-state index in [9.17, 15) is 0 Å². The number of halogens is 2. The van der Waals surface area contributed by atoms with Crippen molar-refractivity contribution in [2.45, 2.75) is 13.1 Å². The maximum absolute atomic E-state index is 6.05. The van der Waals surface area contributed by atoms with Crippen molar-refractivity contribution in [3.63, 3.8) is 0 Å². The van der Waals surface area contributed by atoms with Gasteiger partial charge in [-0.25, -0.2) is 4.98 Å². The smallest absolute Gasteiger partial charge is 0.226 e. The first-order valence-electron chi connectivity index (χ1n) is 8.29. The molecule has 2 heterocycles. The van der Waals surface area contributed by atoms with Crippen LogP contribution in [0.4, 0.5) is 0 Å². The molecule has 3 aromatic rings. The molecule has 27 heavy (non-hydrogen) atoms. The summed E-state index contributed by atoms with van der Waals surface area (Å²) in [4.78, 5) is 10.9. The number of nitrogens with one attached hydrogen (secondary N) is 1. The summed E-state index contributed by atoms with van der Waals surface area (Å²) >= 11 is 6.05. The zero-order valence-electron chi connectivity index (χ0n) is 15.5. The van der Waals surface area contributed by atoms with Crippen molar-refractivity contribution in [2.24, 2.45) is 12.0 Å². The number of oxazole rings is 1. The van der Waals surface area contributed by atoms with E-state index in [0.717, 1.165) is 27.9 Å². The van der Waals surface area contributed by atoms with Crippen LogP contribution in [-0.4, -0.2) is 34.5 Å². The van der Waals surface area contributed by atoms with Gasteiger partial charge >= 0.3 is 0 Å². The van der Waals surface area contributed by atoms with E-state index in [4.69, 9.17) is 16.0 Å². The van der Waals surface area contributed by atoms with Gasteiger partial charge in [0.1, 0.15) is 6.26 Å². The number of aromatic nitrogens is 2. The van der Waals surface area contributed by atoms with Crippen molar-refractivity contribution >= 4 is 41.5 Å². The number of hydrogen-bond acceptors (Lipinski definition) is 3. The summed E-state index contributed by atoms with van der Waals surface area (Å²) in [5.74, 6) is 1.38. The highest BCUT2D eigenvalue weighted by atomic mass is 127. The summed E-state index contributed by atoms with van der Waals surface area (Å²) in [5, 5.41) is 4.04. The van der Waals surface area contributed by atoms with Crippen molar-refractivity contribution in [3.8, 4) is 11.5 Å². The number of aliphatic imine (C=N–C) groups is 1. The van der Waals surface area contributed by atoms with Gasteiger partial charge in [0.2, 0.25) is 5.89 Å². The highest BCUT2D eigenvalue weighted by molar-refractivity contribution is 14.0. The van der Waals surface area contributed by atoms with Crippen LogP contribution in [0.5, 0.6) is 0 Å². The largest absolute Gasteiger partial charge is 0.444 e. The number of rotatable bonds is 5. The third-order valence-corrected chi connectivity index (χ3v) is 4.25. The fraction of sp³-hybridized carbons (Fsp3) is 0.263. The molecule has 0 atom stereocenters. The van der Waals surface area contributed by atoms with Gasteiger partial charge < -0.3 is 19.2 Å². The van der Waals surface area contributed by atoms with Crippen LogP contribution in [0.25, 0.3) is 11.5 Å². The number of benzene rings is 1. The van der Waals surface area contributed by atoms with Gasteiger partial charge in [-0.05, 0) is 18.2 Å². The van der Waals surface area contributed by atoms with Crippen LogP contribution in [-0.2, 0) is 20.1 Å². The normalized spacial score (nSPS) is 11.2. The Morgan fingerprint density at radius 1 is 1.33 bits per heavy atom. The molecule has 144 valence electrons. The van der Waals surface area contributed by atoms with Crippen molar-refractivity contribution in [1.82, 2.24) is 19.8 Å². The summed E-state index contributed by atoms with van der Waals surface area (Å²) in [5.41, 5.74) is 2.88. The summed E-state index contributed by atoms with van der Waals surface area (Å²) in [7, 11) is 5.72. The van der Waals surface area contributed by atoms with E-state index in [0.29, 0.717) is 19.0 Å². The monoisotopic (exact) mass is 499 g/mol. The van der Waals surface area contributed by atoms with Crippen LogP contribution in [0, 0.1) is 0 Å². The van der Waals surface area contributed by atoms with Gasteiger partial charge in [0.25, 0.3) is 0 Å². The maximum atomic E-state index is 6.05. The Morgan fingerprint density at radius 3 is 2.70 bits per heavy atom. The van der Waals surface area contributed by atoms with E-state index in [1.165, 1.54) is 0 Å². The zero-order chi connectivity index (χ0) is 18.5. The lowest BCUT2D eigenvalue weighted by molar-refractivity contribution is 0.461. The number of aryl methyl sites for hydroxylation is 1. The van der Waals surface area contributed by atoms with Crippen molar-refractivity contribution in [3.05, 3.63) is 65.3 Å². The quantitative estimate of drug-likeness (QED) is 0.325. The Bertz CT molecular complexity index is 891. The molecule has 3 rings (SSSR count). The lowest BCUT2D eigenvalue weighted by Gasteiger charge is -2.22. The Morgan fingerprint density at radius 2 is 2.07 bits per heavy atom. The van der Waals surface area contributed by atoms with Crippen LogP contribution in [0.3, 0.4) is 0 Å². The highest BCUT2D eigenvalue weighted by Gasteiger charge is 2.11. The predicted molar refractivity (Wildman–Crippen MR) is 119 cm³/mol. The molecule has 1 N–H and O–H groups in total. The fourth-order valence-corrected chi connectivity index (χ4v) is 2.97. The molecular formula is C19H23ClIN5O. The minimum absolute atomic E-state index is 0. The molecule has 0 radical (unpaired) electrons. The molecular weight excluding hydrogens is 477 g/mol. The molecule has 0 spiro atoms. The van der Waals surface area contributed by atoms with E-state index in [1.807, 2.05) is 66.2 Å². The maximum Gasteiger partial charge on any atom is 0.226 e. The average molecular weight is 500 g/mol. The lowest BCUT2D eigenvalue weighted by Crippen LogP contribution is -2.38. The molecule has 0 aliphatic carbocycles. The Labute approximate surface area is 181 Å². The van der Waals surface area contributed by atoms with Gasteiger partial charge in [0, 0.05) is 38.6 Å². The predicted octanol–water partition coefficient (Wildman–Crippen LogP) is 4.16. The molecule has 6 nitrogen and oxygen atoms in total. The number of nitrogens with zero attached hydrogens (tertiary/aromatic N) is 4. The molecule has 1 aromatic carbocycles. The summed E-state index contributed by atoms with van der Waals surface area (Å²) in [6, 6.07) is 11.8. The standard InChI is InChI=1S/C19H22ClN5O.HI/c1-21-19(25(3)12-17-9-15(20)11-24(17)2)22-10-16-13-26-18(23-16)14-7-5-4-6-8-14;/h4-9,11,13H,10,12H2,1-3H3,(H,21,22);1H. The van der Waals surface area contributed by atoms with Gasteiger partial charge in [0.15, 0.2) is 5.96 Å². The second kappa shape index (κ2) is 9.80. The van der Waals surface area contributed by atoms with Crippen LogP contribution < -0.4 is 5.32 Å². The van der Waals surface area contributed by atoms with E-state index in [-0.39, 0.29) is 24.0 Å². The Balaban J connectivity index is 0.00000261. The van der Waals surface area contributed by atoms with Crippen molar-refractivity contribution < 1.29 is 4.42 Å². The third-order valence-electron chi connectivity index (χ3n) is 4.05. The van der Waals surface area contributed by atoms with E-state index in [2.05, 4.69) is 15.3 Å². The molecule has 0 aliphatic heterocycles. The Hall–Kier alpha value is -2.00. The minimum Gasteiger partial charge on any atom is -0.444 e. The lowest BCUT2D eigenvalue weighted by atomic mass is 10.2. The first-order valence-corrected chi connectivity index (χ1v) is 8.67. The van der Waals surface area contributed by atoms with Crippen molar-refractivity contribution in [2.75, 3.05) is 14.1 Å². The molecule has 0 unspecified atom stereocenters. The zero-order valence-corrected chi connectivity index (χ0v) is 18.6. The summed E-state index contributed by atoms with van der Waals surface area (Å²) in [6.45, 7) is 1.22. The average Bonchev–Trinajstić information content (AvgIpc) is 3.23. The van der Waals surface area contributed by atoms with Gasteiger partial charge in [-0.15, -0.1) is 24.0 Å². The minimum atomic E-state index is 0. The SMILES string of the molecule is CN=C(NCc1coc(-c2ccccc2)n1)N(C)Cc1cc(Cl)cn1C.I. The molecule has 0 aliphatic rings. The van der Waals surface area contributed by atoms with Gasteiger partial charge in [-0.1, -0.05) is 29.8 Å². The van der Waals surface area contributed by atoms with Gasteiger partial charge in [-0.3, -0.25) is 4.99 Å². The molecule has 0 bridgehead atoms. The van der Waals surface area contributed by atoms with Gasteiger partial charge in [0.05, 0.1) is 23.8 Å².